The van der Waals surface area contributed by atoms with E-state index in [1.165, 1.54) is 0 Å². The molecule has 2 unspecified atom stereocenters. The maximum absolute atomic E-state index is 13.1. The average Bonchev–Trinajstić information content (AvgIpc) is 3.29. The summed E-state index contributed by atoms with van der Waals surface area (Å²) in [4.78, 5) is 15.1. The number of hydrogen-bond donors (Lipinski definition) is 2. The summed E-state index contributed by atoms with van der Waals surface area (Å²) in [7, 11) is 6.45. The molecule has 0 bridgehead atoms. The van der Waals surface area contributed by atoms with Crippen molar-refractivity contribution in [3.63, 3.8) is 0 Å². The molecule has 0 spiro atoms. The Bertz CT molecular complexity index is 954. The van der Waals surface area contributed by atoms with E-state index in [0.717, 1.165) is 17.0 Å². The third-order valence-corrected chi connectivity index (χ3v) is 6.08. The van der Waals surface area contributed by atoms with Gasteiger partial charge in [0.15, 0.2) is 16.6 Å². The fourth-order valence-electron chi connectivity index (χ4n) is 4.04. The predicted octanol–water partition coefficient (Wildman–Crippen LogP) is 2.89. The third-order valence-electron chi connectivity index (χ3n) is 5.72. The number of carbonyl (C=O) groups excluding carboxylic acids is 1. The summed E-state index contributed by atoms with van der Waals surface area (Å²) in [5.74, 6) is 1.54. The molecule has 1 aliphatic heterocycles. The average molecular weight is 474 g/mol. The standard InChI is InChI=1S/C24H31N3O5S/c1-29-13-12-25-23(28)20-15-27(24(33)26-16-8-10-17(30-2)11-9-16)14-19(20)18-6-5-7-21(31-3)22(18)32-4/h5-11,19-20H,12-15H2,1-4H3,(H,25,28)(H,26,33). The molecule has 1 aliphatic rings. The maximum Gasteiger partial charge on any atom is 0.225 e. The molecule has 1 saturated heterocycles. The Morgan fingerprint density at radius 2 is 1.79 bits per heavy atom. The van der Waals surface area contributed by atoms with E-state index in [2.05, 4.69) is 10.6 Å². The molecule has 0 saturated carbocycles. The highest BCUT2D eigenvalue weighted by Gasteiger charge is 2.41. The zero-order chi connectivity index (χ0) is 23.8. The Labute approximate surface area is 200 Å². The number of likely N-dealkylation sites (tertiary alicyclic amines) is 1. The van der Waals surface area contributed by atoms with E-state index in [1.807, 2.05) is 47.4 Å². The highest BCUT2D eigenvalue weighted by molar-refractivity contribution is 7.80. The first-order valence-electron chi connectivity index (χ1n) is 10.7. The van der Waals surface area contributed by atoms with Crippen LogP contribution in [0.2, 0.25) is 0 Å². The lowest BCUT2D eigenvalue weighted by atomic mass is 9.87. The van der Waals surface area contributed by atoms with Crippen LogP contribution in [0.25, 0.3) is 0 Å². The summed E-state index contributed by atoms with van der Waals surface area (Å²) >= 11 is 5.69. The Morgan fingerprint density at radius 3 is 2.42 bits per heavy atom. The molecule has 33 heavy (non-hydrogen) atoms. The molecule has 3 rings (SSSR count). The molecule has 9 heteroatoms. The lowest BCUT2D eigenvalue weighted by molar-refractivity contribution is -0.125. The highest BCUT2D eigenvalue weighted by atomic mass is 32.1. The number of benzene rings is 2. The van der Waals surface area contributed by atoms with Crippen molar-refractivity contribution in [2.24, 2.45) is 5.92 Å². The van der Waals surface area contributed by atoms with E-state index < -0.39 is 0 Å². The van der Waals surface area contributed by atoms with Gasteiger partial charge in [0.1, 0.15) is 5.75 Å². The van der Waals surface area contributed by atoms with Crippen LogP contribution in [0.4, 0.5) is 5.69 Å². The summed E-state index contributed by atoms with van der Waals surface area (Å²) < 4.78 is 21.4. The Hall–Kier alpha value is -3.04. The van der Waals surface area contributed by atoms with Gasteiger partial charge in [0.05, 0.1) is 33.9 Å². The van der Waals surface area contributed by atoms with E-state index >= 15 is 0 Å². The van der Waals surface area contributed by atoms with Crippen LogP contribution in [-0.4, -0.2) is 70.6 Å². The van der Waals surface area contributed by atoms with Crippen molar-refractivity contribution < 1.29 is 23.7 Å². The second kappa shape index (κ2) is 11.7. The van der Waals surface area contributed by atoms with E-state index in [0.29, 0.717) is 42.9 Å². The number of thiocarbonyl (C=S) groups is 1. The number of ether oxygens (including phenoxy) is 4. The third kappa shape index (κ3) is 5.85. The zero-order valence-corrected chi connectivity index (χ0v) is 20.2. The highest BCUT2D eigenvalue weighted by Crippen LogP contribution is 2.42. The molecule has 2 aromatic rings. The quantitative estimate of drug-likeness (QED) is 0.425. The molecule has 2 aromatic carbocycles. The molecule has 2 N–H and O–H groups in total. The van der Waals surface area contributed by atoms with Gasteiger partial charge in [0.25, 0.3) is 0 Å². The van der Waals surface area contributed by atoms with E-state index in [1.54, 1.807) is 28.4 Å². The van der Waals surface area contributed by atoms with Gasteiger partial charge in [0, 0.05) is 43.9 Å². The monoisotopic (exact) mass is 473 g/mol. The van der Waals surface area contributed by atoms with Gasteiger partial charge in [-0.05, 0) is 42.5 Å². The summed E-state index contributed by atoms with van der Waals surface area (Å²) in [6.07, 6.45) is 0. The fraction of sp³-hybridized carbons (Fsp3) is 0.417. The van der Waals surface area contributed by atoms with Gasteiger partial charge in [-0.2, -0.15) is 0 Å². The predicted molar refractivity (Wildman–Crippen MR) is 131 cm³/mol. The Morgan fingerprint density at radius 1 is 1.03 bits per heavy atom. The number of anilines is 1. The van der Waals surface area contributed by atoms with Gasteiger partial charge in [-0.25, -0.2) is 0 Å². The topological polar surface area (TPSA) is 81.3 Å². The SMILES string of the molecule is COCCNC(=O)C1CN(C(=S)Nc2ccc(OC)cc2)CC1c1cccc(OC)c1OC. The number of nitrogens with one attached hydrogen (secondary N) is 2. The molecule has 1 amide bonds. The van der Waals surface area contributed by atoms with Gasteiger partial charge in [0.2, 0.25) is 5.91 Å². The van der Waals surface area contributed by atoms with Crippen molar-refractivity contribution >= 4 is 28.9 Å². The zero-order valence-electron chi connectivity index (χ0n) is 19.4. The second-order valence-electron chi connectivity index (χ2n) is 7.64. The molecule has 0 radical (unpaired) electrons. The van der Waals surface area contributed by atoms with E-state index in [-0.39, 0.29) is 17.7 Å². The fourth-order valence-corrected chi connectivity index (χ4v) is 4.31. The number of hydrogen-bond acceptors (Lipinski definition) is 6. The maximum atomic E-state index is 13.1. The van der Waals surface area contributed by atoms with Crippen LogP contribution in [-0.2, 0) is 9.53 Å². The van der Waals surface area contributed by atoms with Gasteiger partial charge in [-0.15, -0.1) is 0 Å². The van der Waals surface area contributed by atoms with Crippen LogP contribution >= 0.6 is 12.2 Å². The Balaban J connectivity index is 1.83. The Kier molecular flexibility index (Phi) is 8.73. The van der Waals surface area contributed by atoms with E-state index in [4.69, 9.17) is 31.2 Å². The summed E-state index contributed by atoms with van der Waals surface area (Å²) in [6.45, 7) is 1.94. The summed E-state index contributed by atoms with van der Waals surface area (Å²) in [6, 6.07) is 13.3. The lowest BCUT2D eigenvalue weighted by Gasteiger charge is -2.22. The number of carbonyl (C=O) groups is 1. The number of para-hydroxylation sites is 1. The molecule has 8 nitrogen and oxygen atoms in total. The first kappa shape index (κ1) is 24.6. The summed E-state index contributed by atoms with van der Waals surface area (Å²) in [5.41, 5.74) is 1.77. The van der Waals surface area contributed by atoms with Crippen LogP contribution in [0.15, 0.2) is 42.5 Å². The molecule has 0 aliphatic carbocycles. The number of methoxy groups -OCH3 is 4. The van der Waals surface area contributed by atoms with Crippen molar-refractivity contribution in [1.29, 1.82) is 0 Å². The first-order chi connectivity index (χ1) is 16.0. The first-order valence-corrected chi connectivity index (χ1v) is 11.1. The molecule has 1 heterocycles. The van der Waals surface area contributed by atoms with Gasteiger partial charge >= 0.3 is 0 Å². The van der Waals surface area contributed by atoms with Gasteiger partial charge in [-0.3, -0.25) is 4.79 Å². The van der Waals surface area contributed by atoms with Crippen LogP contribution in [0, 0.1) is 5.92 Å². The van der Waals surface area contributed by atoms with E-state index in [9.17, 15) is 4.79 Å². The molecule has 2 atom stereocenters. The van der Waals surface area contributed by atoms with Crippen LogP contribution in [0.3, 0.4) is 0 Å². The lowest BCUT2D eigenvalue weighted by Crippen LogP contribution is -2.37. The molecule has 1 fully saturated rings. The number of rotatable bonds is 9. The second-order valence-corrected chi connectivity index (χ2v) is 8.03. The van der Waals surface area contributed by atoms with Crippen LogP contribution in [0.1, 0.15) is 11.5 Å². The van der Waals surface area contributed by atoms with Crippen LogP contribution in [0.5, 0.6) is 17.2 Å². The van der Waals surface area contributed by atoms with Crippen molar-refractivity contribution in [1.82, 2.24) is 10.2 Å². The largest absolute Gasteiger partial charge is 0.497 e. The number of nitrogens with zero attached hydrogens (tertiary/aromatic N) is 1. The molecule has 0 aromatic heterocycles. The van der Waals surface area contributed by atoms with Crippen LogP contribution < -0.4 is 24.8 Å². The molecular formula is C24H31N3O5S. The van der Waals surface area contributed by atoms with Gasteiger partial charge < -0.3 is 34.5 Å². The molecule has 178 valence electrons. The summed E-state index contributed by atoms with van der Waals surface area (Å²) in [5, 5.41) is 6.79. The smallest absolute Gasteiger partial charge is 0.225 e. The molecular weight excluding hydrogens is 442 g/mol. The van der Waals surface area contributed by atoms with Crippen molar-refractivity contribution in [2.75, 3.05) is 60.0 Å². The van der Waals surface area contributed by atoms with Crippen molar-refractivity contribution in [3.05, 3.63) is 48.0 Å². The van der Waals surface area contributed by atoms with Gasteiger partial charge in [-0.1, -0.05) is 12.1 Å². The minimum atomic E-state index is -0.321. The number of amides is 1. The normalized spacial score (nSPS) is 17.4. The minimum Gasteiger partial charge on any atom is -0.497 e. The van der Waals surface area contributed by atoms with Crippen molar-refractivity contribution in [3.8, 4) is 17.2 Å². The van der Waals surface area contributed by atoms with Crippen molar-refractivity contribution in [2.45, 2.75) is 5.92 Å². The minimum absolute atomic E-state index is 0.0447.